The van der Waals surface area contributed by atoms with Crippen LogP contribution in [0.4, 0.5) is 0 Å². The van der Waals surface area contributed by atoms with Crippen LogP contribution >= 0.6 is 35.3 Å². The second-order valence-electron chi connectivity index (χ2n) is 30.0. The van der Waals surface area contributed by atoms with Gasteiger partial charge in [-0.2, -0.15) is 35.3 Å². The molecule has 10 unspecified atom stereocenters. The third-order valence-electron chi connectivity index (χ3n) is 18.3. The monoisotopic (exact) mass is 1640 g/mol. The molecule has 0 aromatic heterocycles. The molecule has 19 heteroatoms. The van der Waals surface area contributed by atoms with Crippen LogP contribution in [0, 0.1) is 59.2 Å². The highest BCUT2D eigenvalue weighted by Crippen LogP contribution is 2.13. The maximum absolute atomic E-state index is 5.96. The predicted molar refractivity (Wildman–Crippen MR) is 484 cm³/mol. The van der Waals surface area contributed by atoms with E-state index in [1.165, 1.54) is 60.2 Å². The van der Waals surface area contributed by atoms with Crippen LogP contribution in [0.25, 0.3) is 0 Å². The van der Waals surface area contributed by atoms with Crippen molar-refractivity contribution in [2.75, 3.05) is 226 Å². The van der Waals surface area contributed by atoms with Crippen molar-refractivity contribution in [3.63, 3.8) is 0 Å². The summed E-state index contributed by atoms with van der Waals surface area (Å²) >= 11 is 5.90. The maximum Gasteiger partial charge on any atom is 0.104 e. The van der Waals surface area contributed by atoms with E-state index in [2.05, 4.69) is 159 Å². The molecule has 16 nitrogen and oxygen atoms in total. The minimum atomic E-state index is 0.0692. The van der Waals surface area contributed by atoms with E-state index in [4.69, 9.17) is 75.8 Å². The Hall–Kier alpha value is 0.410. The molecule has 0 aromatic carbocycles. The lowest BCUT2D eigenvalue weighted by atomic mass is 10.1. The molecule has 0 heterocycles. The molecule has 0 fully saturated rings. The second kappa shape index (κ2) is 107. The third-order valence-corrected chi connectivity index (χ3v) is 21.3. The molecular formula is C91H196O16S3. The Kier molecular flexibility index (Phi) is 121. The molecular weight excluding hydrogens is 1450 g/mol. The fraction of sp³-hybridized carbons (Fsp3) is 1.00. The van der Waals surface area contributed by atoms with Crippen LogP contribution in [-0.2, 0) is 75.8 Å². The van der Waals surface area contributed by atoms with Gasteiger partial charge in [0.2, 0.25) is 0 Å². The van der Waals surface area contributed by atoms with E-state index in [-0.39, 0.29) is 18.3 Å². The quantitative estimate of drug-likeness (QED) is 0.0531. The van der Waals surface area contributed by atoms with Gasteiger partial charge in [-0.05, 0) is 160 Å². The van der Waals surface area contributed by atoms with E-state index in [1.807, 2.05) is 63.0 Å². The number of hydrogen-bond donors (Lipinski definition) is 0. The average Bonchev–Trinajstić information content (AvgIpc) is 0.998. The molecule has 0 bridgehead atoms. The molecule has 674 valence electrons. The molecule has 0 spiro atoms. The van der Waals surface area contributed by atoms with E-state index in [0.29, 0.717) is 92.9 Å². The zero-order valence-electron chi connectivity index (χ0n) is 78.3. The smallest absolute Gasteiger partial charge is 0.104 e. The first-order valence-electron chi connectivity index (χ1n) is 45.2. The van der Waals surface area contributed by atoms with Gasteiger partial charge in [0, 0.05) is 152 Å². The Balaban J connectivity index is -0.000000231. The maximum atomic E-state index is 5.96. The molecule has 0 aliphatic carbocycles. The molecule has 110 heavy (non-hydrogen) atoms. The number of hydrogen-bond acceptors (Lipinski definition) is 19. The zero-order valence-corrected chi connectivity index (χ0v) is 80.8. The lowest BCUT2D eigenvalue weighted by Crippen LogP contribution is -2.28. The van der Waals surface area contributed by atoms with Gasteiger partial charge < -0.3 is 75.8 Å². The van der Waals surface area contributed by atoms with Crippen molar-refractivity contribution < 1.29 is 75.8 Å². The first kappa shape index (κ1) is 124. The Bertz CT molecular complexity index is 1350. The van der Waals surface area contributed by atoms with Crippen molar-refractivity contribution in [1.29, 1.82) is 0 Å². The summed E-state index contributed by atoms with van der Waals surface area (Å²) in [6.45, 7) is 81.8. The van der Waals surface area contributed by atoms with Crippen LogP contribution in [0.15, 0.2) is 0 Å². The van der Waals surface area contributed by atoms with E-state index < -0.39 is 0 Å². The highest BCUT2D eigenvalue weighted by molar-refractivity contribution is 7.99. The lowest BCUT2D eigenvalue weighted by Gasteiger charge is -2.20. The molecule has 0 saturated heterocycles. The molecule has 10 atom stereocenters. The van der Waals surface area contributed by atoms with Crippen LogP contribution in [0.1, 0.15) is 290 Å². The van der Waals surface area contributed by atoms with Crippen molar-refractivity contribution in [3.8, 4) is 0 Å². The Labute approximate surface area is 700 Å². The summed E-state index contributed by atoms with van der Waals surface area (Å²) in [6, 6.07) is 0. The van der Waals surface area contributed by atoms with Gasteiger partial charge >= 0.3 is 0 Å². The topological polar surface area (TPSA) is 148 Å². The van der Waals surface area contributed by atoms with E-state index in [0.717, 1.165) is 235 Å². The van der Waals surface area contributed by atoms with Crippen LogP contribution < -0.4 is 0 Å². The largest absolute Gasteiger partial charge is 0.382 e. The van der Waals surface area contributed by atoms with E-state index in [1.54, 1.807) is 0 Å². The van der Waals surface area contributed by atoms with Gasteiger partial charge in [0.15, 0.2) is 0 Å². The fourth-order valence-corrected chi connectivity index (χ4v) is 9.91. The third kappa shape index (κ3) is 113. The zero-order chi connectivity index (χ0) is 84.0. The standard InChI is InChI=1S/3C18H38O3S.3C10H22O2.C7H16O/c3*1-6-16(4)12-19-14-18(15-20-13-17(5)7-2)21-10-9-11-22-8-3;3*1-4-10(3)9-12-8-6-7-11-5-2;1-4-7(3)6-8-5-2/h3*16-18H,6-15H2,1-5H3;3*10H,4-9H2,1-3H3;7H,4-6H2,1-3H3. The summed E-state index contributed by atoms with van der Waals surface area (Å²) in [5.41, 5.74) is 0. The fourth-order valence-electron chi connectivity index (χ4n) is 8.08. The summed E-state index contributed by atoms with van der Waals surface area (Å²) < 4.78 is 89.8. The minimum Gasteiger partial charge on any atom is -0.382 e. The molecule has 0 saturated carbocycles. The Morgan fingerprint density at radius 3 is 0.500 bits per heavy atom. The number of ether oxygens (including phenoxy) is 16. The molecule has 0 radical (unpaired) electrons. The molecule has 0 aliphatic rings. The van der Waals surface area contributed by atoms with Crippen molar-refractivity contribution in [1.82, 2.24) is 0 Å². The van der Waals surface area contributed by atoms with Gasteiger partial charge in [0.25, 0.3) is 0 Å². The molecule has 0 rings (SSSR count). The van der Waals surface area contributed by atoms with Crippen LogP contribution in [-0.4, -0.2) is 244 Å². The van der Waals surface area contributed by atoms with Crippen molar-refractivity contribution >= 4 is 35.3 Å². The lowest BCUT2D eigenvalue weighted by molar-refractivity contribution is -0.0675. The SMILES string of the molecule is CCOCC(C)CC.CCOCCCOCC(C)CC.CCOCCCOCC(C)CC.CCOCCCOCC(C)CC.CCSCCCOC(COCC(C)CC)COCC(C)CC.CCSCCCOC(COCC(C)CC)COCC(C)CC.CCSCCCOC(COCC(C)CC)COCC(C)CC. The first-order chi connectivity index (χ1) is 53.1. The normalized spacial score (nSPS) is 14.8. The summed E-state index contributed by atoms with van der Waals surface area (Å²) in [5.74, 6) is 13.5. The number of rotatable bonds is 76. The minimum absolute atomic E-state index is 0.0692. The molecule has 0 aromatic rings. The summed E-state index contributed by atoms with van der Waals surface area (Å²) in [5, 5.41) is 0. The Morgan fingerprint density at radius 2 is 0.336 bits per heavy atom. The van der Waals surface area contributed by atoms with E-state index >= 15 is 0 Å². The highest BCUT2D eigenvalue weighted by Gasteiger charge is 2.16. The second-order valence-corrected chi connectivity index (χ2v) is 34.2. The van der Waals surface area contributed by atoms with Gasteiger partial charge in [-0.25, -0.2) is 0 Å². The molecule has 0 N–H and O–H groups in total. The average molecular weight is 1640 g/mol. The summed E-state index contributed by atoms with van der Waals surface area (Å²) in [6.07, 6.45) is 18.3. The van der Waals surface area contributed by atoms with Gasteiger partial charge in [-0.15, -0.1) is 0 Å². The van der Waals surface area contributed by atoms with Gasteiger partial charge in [0.05, 0.1) is 39.6 Å². The van der Waals surface area contributed by atoms with Crippen molar-refractivity contribution in [2.24, 2.45) is 59.2 Å². The van der Waals surface area contributed by atoms with Gasteiger partial charge in [-0.3, -0.25) is 0 Å². The number of thioether (sulfide) groups is 3. The van der Waals surface area contributed by atoms with Crippen molar-refractivity contribution in [3.05, 3.63) is 0 Å². The molecule has 0 amide bonds. The van der Waals surface area contributed by atoms with E-state index in [9.17, 15) is 0 Å². The van der Waals surface area contributed by atoms with Crippen LogP contribution in [0.5, 0.6) is 0 Å². The first-order valence-corrected chi connectivity index (χ1v) is 48.7. The van der Waals surface area contributed by atoms with Gasteiger partial charge in [0.1, 0.15) is 18.3 Å². The van der Waals surface area contributed by atoms with Crippen LogP contribution in [0.2, 0.25) is 0 Å². The van der Waals surface area contributed by atoms with Crippen LogP contribution in [0.3, 0.4) is 0 Å². The molecule has 0 aliphatic heterocycles. The summed E-state index contributed by atoms with van der Waals surface area (Å²) in [7, 11) is 0. The van der Waals surface area contributed by atoms with Gasteiger partial charge in [-0.1, -0.05) is 223 Å². The predicted octanol–water partition coefficient (Wildman–Crippen LogP) is 23.4. The Morgan fingerprint density at radius 1 is 0.173 bits per heavy atom. The summed E-state index contributed by atoms with van der Waals surface area (Å²) in [4.78, 5) is 0. The van der Waals surface area contributed by atoms with Crippen molar-refractivity contribution in [2.45, 2.75) is 308 Å². The highest BCUT2D eigenvalue weighted by atomic mass is 32.2.